The van der Waals surface area contributed by atoms with E-state index < -0.39 is 17.5 Å². The van der Waals surface area contributed by atoms with Crippen LogP contribution in [-0.4, -0.2) is 31.1 Å². The fourth-order valence-electron chi connectivity index (χ4n) is 2.19. The van der Waals surface area contributed by atoms with E-state index >= 15 is 0 Å². The SMILES string of the molecule is Fc1ccc(NCCCN2CCCC2)c(F)c1F. The highest BCUT2D eigenvalue weighted by Crippen LogP contribution is 2.19. The molecule has 1 aliphatic heterocycles. The molecule has 1 fully saturated rings. The molecule has 0 aliphatic carbocycles. The highest BCUT2D eigenvalue weighted by atomic mass is 19.2. The Morgan fingerprint density at radius 3 is 2.50 bits per heavy atom. The van der Waals surface area contributed by atoms with Crippen LogP contribution in [0, 0.1) is 17.5 Å². The first-order chi connectivity index (χ1) is 8.68. The Bertz CT molecular complexity index is 403. The molecular weight excluding hydrogens is 241 g/mol. The Morgan fingerprint density at radius 1 is 1.06 bits per heavy atom. The smallest absolute Gasteiger partial charge is 0.196 e. The zero-order valence-corrected chi connectivity index (χ0v) is 10.2. The Morgan fingerprint density at radius 2 is 1.78 bits per heavy atom. The molecule has 0 aromatic heterocycles. The van der Waals surface area contributed by atoms with E-state index in [4.69, 9.17) is 0 Å². The minimum absolute atomic E-state index is 0.0234. The Hall–Kier alpha value is -1.23. The van der Waals surface area contributed by atoms with Gasteiger partial charge in [-0.25, -0.2) is 13.2 Å². The van der Waals surface area contributed by atoms with E-state index in [9.17, 15) is 13.2 Å². The van der Waals surface area contributed by atoms with Crippen LogP contribution in [-0.2, 0) is 0 Å². The van der Waals surface area contributed by atoms with Crippen LogP contribution in [0.1, 0.15) is 19.3 Å². The number of likely N-dealkylation sites (tertiary alicyclic amines) is 1. The van der Waals surface area contributed by atoms with Gasteiger partial charge in [0.05, 0.1) is 5.69 Å². The summed E-state index contributed by atoms with van der Waals surface area (Å²) in [5, 5.41) is 2.80. The van der Waals surface area contributed by atoms with Gasteiger partial charge >= 0.3 is 0 Å². The average molecular weight is 258 g/mol. The zero-order chi connectivity index (χ0) is 13.0. The second-order valence-electron chi connectivity index (χ2n) is 4.55. The summed E-state index contributed by atoms with van der Waals surface area (Å²) >= 11 is 0. The van der Waals surface area contributed by atoms with E-state index in [2.05, 4.69) is 10.2 Å². The van der Waals surface area contributed by atoms with Gasteiger partial charge in [-0.05, 0) is 51.0 Å². The standard InChI is InChI=1S/C13H17F3N2/c14-10-4-5-11(13(16)12(10)15)17-6-3-9-18-7-1-2-8-18/h4-5,17H,1-3,6-9H2. The lowest BCUT2D eigenvalue weighted by molar-refractivity contribution is 0.337. The molecule has 0 unspecified atom stereocenters. The topological polar surface area (TPSA) is 15.3 Å². The first kappa shape index (κ1) is 13.2. The van der Waals surface area contributed by atoms with Crippen LogP contribution >= 0.6 is 0 Å². The molecule has 0 spiro atoms. The summed E-state index contributed by atoms with van der Waals surface area (Å²) in [6.45, 7) is 3.76. The summed E-state index contributed by atoms with van der Waals surface area (Å²) in [6, 6.07) is 2.16. The van der Waals surface area contributed by atoms with Gasteiger partial charge in [0.1, 0.15) is 0 Å². The van der Waals surface area contributed by atoms with E-state index in [0.717, 1.165) is 32.1 Å². The fourth-order valence-corrected chi connectivity index (χ4v) is 2.19. The molecule has 0 bridgehead atoms. The summed E-state index contributed by atoms with van der Waals surface area (Å²) < 4.78 is 39.0. The minimum Gasteiger partial charge on any atom is -0.383 e. The monoisotopic (exact) mass is 258 g/mol. The molecule has 1 aromatic carbocycles. The van der Waals surface area contributed by atoms with Crippen molar-refractivity contribution in [1.82, 2.24) is 4.90 Å². The average Bonchev–Trinajstić information content (AvgIpc) is 2.87. The quantitative estimate of drug-likeness (QED) is 0.645. The van der Waals surface area contributed by atoms with Crippen molar-refractivity contribution in [2.75, 3.05) is 31.5 Å². The Labute approximate surface area is 105 Å². The molecule has 1 saturated heterocycles. The van der Waals surface area contributed by atoms with Crippen molar-refractivity contribution in [1.29, 1.82) is 0 Å². The zero-order valence-electron chi connectivity index (χ0n) is 10.2. The maximum Gasteiger partial charge on any atom is 0.196 e. The lowest BCUT2D eigenvalue weighted by Gasteiger charge is -2.15. The molecule has 18 heavy (non-hydrogen) atoms. The summed E-state index contributed by atoms with van der Waals surface area (Å²) in [5.74, 6) is -3.72. The van der Waals surface area contributed by atoms with E-state index in [1.54, 1.807) is 0 Å². The maximum atomic E-state index is 13.3. The Balaban J connectivity index is 1.77. The third-order valence-corrected chi connectivity index (χ3v) is 3.20. The number of rotatable bonds is 5. The predicted octanol–water partition coefficient (Wildman–Crippen LogP) is 3.00. The number of anilines is 1. The summed E-state index contributed by atoms with van der Waals surface area (Å²) in [7, 11) is 0. The van der Waals surface area contributed by atoms with Crippen LogP contribution in [0.2, 0.25) is 0 Å². The lowest BCUT2D eigenvalue weighted by Crippen LogP contribution is -2.22. The largest absolute Gasteiger partial charge is 0.383 e. The molecule has 5 heteroatoms. The molecule has 2 rings (SSSR count). The number of hydrogen-bond donors (Lipinski definition) is 1. The van der Waals surface area contributed by atoms with Crippen molar-refractivity contribution < 1.29 is 13.2 Å². The molecule has 1 N–H and O–H groups in total. The third kappa shape index (κ3) is 3.16. The molecule has 100 valence electrons. The third-order valence-electron chi connectivity index (χ3n) is 3.20. The van der Waals surface area contributed by atoms with Crippen LogP contribution in [0.4, 0.5) is 18.9 Å². The van der Waals surface area contributed by atoms with Gasteiger partial charge in [-0.2, -0.15) is 0 Å². The molecule has 0 atom stereocenters. The van der Waals surface area contributed by atoms with Crippen LogP contribution < -0.4 is 5.32 Å². The van der Waals surface area contributed by atoms with Crippen LogP contribution in [0.5, 0.6) is 0 Å². The molecular formula is C13H17F3N2. The van der Waals surface area contributed by atoms with Gasteiger partial charge in [0, 0.05) is 6.54 Å². The van der Waals surface area contributed by atoms with E-state index in [1.807, 2.05) is 0 Å². The van der Waals surface area contributed by atoms with Crippen molar-refractivity contribution in [3.8, 4) is 0 Å². The fraction of sp³-hybridized carbons (Fsp3) is 0.538. The van der Waals surface area contributed by atoms with Crippen molar-refractivity contribution in [3.05, 3.63) is 29.6 Å². The van der Waals surface area contributed by atoms with Gasteiger partial charge in [0.2, 0.25) is 0 Å². The van der Waals surface area contributed by atoms with Crippen molar-refractivity contribution in [2.45, 2.75) is 19.3 Å². The van der Waals surface area contributed by atoms with Gasteiger partial charge < -0.3 is 10.2 Å². The van der Waals surface area contributed by atoms with Gasteiger partial charge in [-0.15, -0.1) is 0 Å². The highest BCUT2D eigenvalue weighted by molar-refractivity contribution is 5.45. The molecule has 2 nitrogen and oxygen atoms in total. The second-order valence-corrected chi connectivity index (χ2v) is 4.55. The molecule has 1 aliphatic rings. The second kappa shape index (κ2) is 6.09. The van der Waals surface area contributed by atoms with Crippen LogP contribution in [0.15, 0.2) is 12.1 Å². The number of nitrogens with one attached hydrogen (secondary N) is 1. The van der Waals surface area contributed by atoms with Gasteiger partial charge in [-0.3, -0.25) is 0 Å². The van der Waals surface area contributed by atoms with Gasteiger partial charge in [-0.1, -0.05) is 0 Å². The first-order valence-corrected chi connectivity index (χ1v) is 6.28. The molecule has 0 saturated carbocycles. The highest BCUT2D eigenvalue weighted by Gasteiger charge is 2.13. The van der Waals surface area contributed by atoms with Crippen molar-refractivity contribution in [2.24, 2.45) is 0 Å². The van der Waals surface area contributed by atoms with Crippen LogP contribution in [0.25, 0.3) is 0 Å². The first-order valence-electron chi connectivity index (χ1n) is 6.28. The lowest BCUT2D eigenvalue weighted by atomic mass is 10.2. The number of halogens is 3. The molecule has 0 radical (unpaired) electrons. The maximum absolute atomic E-state index is 13.3. The van der Waals surface area contributed by atoms with E-state index in [1.165, 1.54) is 18.9 Å². The van der Waals surface area contributed by atoms with E-state index in [-0.39, 0.29) is 5.69 Å². The molecule has 1 aromatic rings. The normalized spacial score (nSPS) is 16.2. The van der Waals surface area contributed by atoms with Gasteiger partial charge in [0.15, 0.2) is 17.5 Å². The number of nitrogens with zero attached hydrogens (tertiary/aromatic N) is 1. The molecule has 1 heterocycles. The number of benzene rings is 1. The molecule has 0 amide bonds. The number of hydrogen-bond acceptors (Lipinski definition) is 2. The summed E-state index contributed by atoms with van der Waals surface area (Å²) in [5.41, 5.74) is 0.0234. The van der Waals surface area contributed by atoms with Crippen LogP contribution in [0.3, 0.4) is 0 Å². The summed E-state index contributed by atoms with van der Waals surface area (Å²) in [6.07, 6.45) is 3.34. The van der Waals surface area contributed by atoms with Crippen molar-refractivity contribution >= 4 is 5.69 Å². The van der Waals surface area contributed by atoms with Gasteiger partial charge in [0.25, 0.3) is 0 Å². The summed E-state index contributed by atoms with van der Waals surface area (Å²) in [4.78, 5) is 2.35. The minimum atomic E-state index is -1.42. The van der Waals surface area contributed by atoms with E-state index in [0.29, 0.717) is 6.54 Å². The predicted molar refractivity (Wildman–Crippen MR) is 65.1 cm³/mol. The Kier molecular flexibility index (Phi) is 4.47. The van der Waals surface area contributed by atoms with Crippen molar-refractivity contribution in [3.63, 3.8) is 0 Å².